The first-order chi connectivity index (χ1) is 24.2. The van der Waals surface area contributed by atoms with Gasteiger partial charge >= 0.3 is 0 Å². The molecule has 1 unspecified atom stereocenters. The largest absolute Gasteiger partial charge is 0.368 e. The molecule has 1 aromatic rings. The third kappa shape index (κ3) is 12.5. The Morgan fingerprint density at radius 2 is 1.23 bits per heavy atom. The number of carbonyl (C=O) groups excluding carboxylic acids is 6. The van der Waals surface area contributed by atoms with E-state index in [-0.39, 0.29) is 41.9 Å². The van der Waals surface area contributed by atoms with E-state index < -0.39 is 53.8 Å². The normalized spacial score (nSPS) is 14.8. The van der Waals surface area contributed by atoms with Gasteiger partial charge in [-0.1, -0.05) is 91.3 Å². The summed E-state index contributed by atoms with van der Waals surface area (Å²) in [5.74, 6) is -3.89. The molecule has 0 spiro atoms. The maximum atomic E-state index is 14.1. The highest BCUT2D eigenvalue weighted by Gasteiger charge is 2.41. The van der Waals surface area contributed by atoms with E-state index in [4.69, 9.17) is 5.73 Å². The molecule has 292 valence electrons. The molecule has 1 rings (SSSR count). The van der Waals surface area contributed by atoms with Crippen molar-refractivity contribution in [1.82, 2.24) is 24.9 Å². The summed E-state index contributed by atoms with van der Waals surface area (Å²) >= 11 is 0. The van der Waals surface area contributed by atoms with Crippen LogP contribution >= 0.6 is 0 Å². The Labute approximate surface area is 312 Å². The van der Waals surface area contributed by atoms with E-state index in [1.54, 1.807) is 34.9 Å². The summed E-state index contributed by atoms with van der Waals surface area (Å²) in [6.45, 7) is 18.1. The van der Waals surface area contributed by atoms with E-state index in [1.807, 2.05) is 71.0 Å². The van der Waals surface area contributed by atoms with Crippen molar-refractivity contribution >= 4 is 35.4 Å². The molecule has 0 heterocycles. The van der Waals surface area contributed by atoms with Crippen molar-refractivity contribution in [3.63, 3.8) is 0 Å². The topological polar surface area (TPSA) is 153 Å². The minimum Gasteiger partial charge on any atom is -0.368 e. The zero-order valence-electron chi connectivity index (χ0n) is 33.7. The van der Waals surface area contributed by atoms with Gasteiger partial charge in [0.15, 0.2) is 0 Å². The number of carbonyl (C=O) groups is 6. The summed E-state index contributed by atoms with van der Waals surface area (Å²) in [5.41, 5.74) is 6.53. The second-order valence-electron chi connectivity index (χ2n) is 15.2. The monoisotopic (exact) mass is 727 g/mol. The summed E-state index contributed by atoms with van der Waals surface area (Å²) in [6.07, 6.45) is 5.47. The maximum Gasteiger partial charge on any atom is 0.246 e. The van der Waals surface area contributed by atoms with Crippen molar-refractivity contribution in [2.75, 3.05) is 28.2 Å². The Balaban J connectivity index is 3.20. The van der Waals surface area contributed by atoms with Crippen LogP contribution < -0.4 is 11.1 Å². The number of rotatable bonds is 21. The predicted molar refractivity (Wildman–Crippen MR) is 206 cm³/mol. The van der Waals surface area contributed by atoms with E-state index in [9.17, 15) is 28.8 Å². The highest BCUT2D eigenvalue weighted by Crippen LogP contribution is 2.22. The van der Waals surface area contributed by atoms with Gasteiger partial charge in [-0.2, -0.15) is 0 Å². The number of nitrogens with one attached hydrogen (secondary N) is 1. The number of allylic oxidation sites excluding steroid dienone is 1. The summed E-state index contributed by atoms with van der Waals surface area (Å²) < 4.78 is 0. The van der Waals surface area contributed by atoms with E-state index in [0.29, 0.717) is 6.42 Å². The molecule has 3 N–H and O–H groups in total. The van der Waals surface area contributed by atoms with Gasteiger partial charge in [0, 0.05) is 40.5 Å². The van der Waals surface area contributed by atoms with Crippen LogP contribution in [0.5, 0.6) is 0 Å². The molecule has 0 saturated carbocycles. The Morgan fingerprint density at radius 3 is 1.71 bits per heavy atom. The van der Waals surface area contributed by atoms with Crippen molar-refractivity contribution in [2.24, 2.45) is 29.4 Å². The van der Waals surface area contributed by atoms with E-state index in [0.717, 1.165) is 24.8 Å². The molecule has 6 atom stereocenters. The average Bonchev–Trinajstić information content (AvgIpc) is 3.09. The van der Waals surface area contributed by atoms with Crippen molar-refractivity contribution < 1.29 is 28.8 Å². The zero-order valence-corrected chi connectivity index (χ0v) is 33.7. The van der Waals surface area contributed by atoms with Gasteiger partial charge in [-0.15, -0.1) is 6.58 Å². The predicted octanol–water partition coefficient (Wildman–Crippen LogP) is 3.88. The van der Waals surface area contributed by atoms with Crippen LogP contribution in [0.15, 0.2) is 43.0 Å². The van der Waals surface area contributed by atoms with Gasteiger partial charge in [-0.3, -0.25) is 28.8 Å². The number of benzene rings is 1. The Bertz CT molecular complexity index is 1370. The molecule has 6 amide bonds. The Morgan fingerprint density at radius 1 is 0.692 bits per heavy atom. The molecular formula is C40H66N6O6. The molecule has 0 aliphatic rings. The maximum absolute atomic E-state index is 14.1. The molecule has 0 radical (unpaired) electrons. The highest BCUT2D eigenvalue weighted by molar-refractivity contribution is 5.96. The molecule has 0 aromatic heterocycles. The summed E-state index contributed by atoms with van der Waals surface area (Å²) in [6, 6.07) is 4.51. The van der Waals surface area contributed by atoms with Gasteiger partial charge in [0.1, 0.15) is 30.2 Å². The van der Waals surface area contributed by atoms with Crippen LogP contribution in [0.2, 0.25) is 0 Å². The third-order valence-corrected chi connectivity index (χ3v) is 9.96. The number of hydrogen-bond acceptors (Lipinski definition) is 6. The van der Waals surface area contributed by atoms with Crippen molar-refractivity contribution in [3.8, 4) is 0 Å². The van der Waals surface area contributed by atoms with E-state index in [1.165, 1.54) is 33.7 Å². The molecule has 0 aliphatic carbocycles. The lowest BCUT2D eigenvalue weighted by atomic mass is 9.94. The first-order valence-electron chi connectivity index (χ1n) is 18.5. The molecular weight excluding hydrogens is 660 g/mol. The molecule has 12 heteroatoms. The number of likely N-dealkylation sites (N-methyl/N-ethyl adjacent to an activating group) is 4. The number of amides is 6. The van der Waals surface area contributed by atoms with Crippen LogP contribution in [0.3, 0.4) is 0 Å². The van der Waals surface area contributed by atoms with Crippen LogP contribution in [0, 0.1) is 23.7 Å². The molecule has 1 aromatic carbocycles. The lowest BCUT2D eigenvalue weighted by Crippen LogP contribution is -2.61. The van der Waals surface area contributed by atoms with Gasteiger partial charge in [-0.05, 0) is 49.5 Å². The molecule has 52 heavy (non-hydrogen) atoms. The second kappa shape index (κ2) is 21.3. The van der Waals surface area contributed by atoms with Crippen LogP contribution in [0.25, 0.3) is 0 Å². The van der Waals surface area contributed by atoms with Gasteiger partial charge in [0.05, 0.1) is 0 Å². The molecule has 0 aliphatic heterocycles. The molecule has 12 nitrogen and oxygen atoms in total. The minimum absolute atomic E-state index is 0.130. The minimum atomic E-state index is -1.02. The summed E-state index contributed by atoms with van der Waals surface area (Å²) in [4.78, 5) is 86.9. The Kier molecular flexibility index (Phi) is 18.8. The SMILES string of the molecule is C=CCCCCC(C)C(=O)N(C)[C@H](C(=O)N(C)[C@H](C(=O)N[C@H](C(=O)N(C)[C@@H](C)C(=O)N(C)[C@@H](Cc1ccccc1)C(N)=O)C(C)C)C(C)C)C(C)C. The number of nitrogens with two attached hydrogens (primary N) is 1. The van der Waals surface area contributed by atoms with Crippen LogP contribution in [-0.4, -0.2) is 113 Å². The van der Waals surface area contributed by atoms with Gasteiger partial charge in [-0.25, -0.2) is 0 Å². The molecule has 0 saturated heterocycles. The smallest absolute Gasteiger partial charge is 0.246 e. The van der Waals surface area contributed by atoms with Crippen LogP contribution in [0.1, 0.15) is 86.6 Å². The lowest BCUT2D eigenvalue weighted by molar-refractivity contribution is -0.152. The fourth-order valence-corrected chi connectivity index (χ4v) is 6.56. The lowest BCUT2D eigenvalue weighted by Gasteiger charge is -2.39. The number of nitrogens with zero attached hydrogens (tertiary/aromatic N) is 4. The van der Waals surface area contributed by atoms with Crippen LogP contribution in [0.4, 0.5) is 0 Å². The fraction of sp³-hybridized carbons (Fsp3) is 0.650. The number of unbranched alkanes of at least 4 members (excludes halogenated alkanes) is 2. The second-order valence-corrected chi connectivity index (χ2v) is 15.2. The van der Waals surface area contributed by atoms with Gasteiger partial charge in [0.2, 0.25) is 35.4 Å². The Hall–Kier alpha value is -4.22. The average molecular weight is 727 g/mol. The number of hydrogen-bond donors (Lipinski definition) is 2. The van der Waals surface area contributed by atoms with Crippen molar-refractivity contribution in [3.05, 3.63) is 48.6 Å². The van der Waals surface area contributed by atoms with Crippen molar-refractivity contribution in [2.45, 2.75) is 118 Å². The van der Waals surface area contributed by atoms with E-state index in [2.05, 4.69) is 11.9 Å². The van der Waals surface area contributed by atoms with Crippen molar-refractivity contribution in [1.29, 1.82) is 0 Å². The quantitative estimate of drug-likeness (QED) is 0.145. The third-order valence-electron chi connectivity index (χ3n) is 9.96. The van der Waals surface area contributed by atoms with Gasteiger partial charge in [0.25, 0.3) is 0 Å². The standard InChI is InChI=1S/C40H66N6O6/c1-14-15-16-18-21-28(8)37(49)46(13)34(27(6)7)40(52)45(12)33(26(4)5)36(48)42-32(25(2)3)39(51)43(10)29(9)38(50)44(11)31(35(41)47)24-30-22-19-17-20-23-30/h14,17,19-20,22-23,25-29,31-34H,1,15-16,18,21,24H2,2-13H3,(H2,41,47)(H,42,48)/t28?,29-,31-,32-,33-,34-/m0/s1. The number of primary amides is 1. The molecule has 0 bridgehead atoms. The first-order valence-corrected chi connectivity index (χ1v) is 18.5. The fourth-order valence-electron chi connectivity index (χ4n) is 6.56. The van der Waals surface area contributed by atoms with E-state index >= 15 is 0 Å². The zero-order chi connectivity index (χ0) is 40.0. The first kappa shape index (κ1) is 45.8. The highest BCUT2D eigenvalue weighted by atomic mass is 16.2. The van der Waals surface area contributed by atoms with Crippen LogP contribution in [-0.2, 0) is 35.2 Å². The molecule has 0 fully saturated rings. The summed E-state index contributed by atoms with van der Waals surface area (Å²) in [7, 11) is 6.16. The van der Waals surface area contributed by atoms with Gasteiger partial charge < -0.3 is 30.7 Å². The summed E-state index contributed by atoms with van der Waals surface area (Å²) in [5, 5.41) is 2.87.